The predicted molar refractivity (Wildman–Crippen MR) is 63.3 cm³/mol. The van der Waals surface area contributed by atoms with Crippen molar-refractivity contribution in [1.82, 2.24) is 15.1 Å². The highest BCUT2D eigenvalue weighted by Crippen LogP contribution is 2.20. The molecule has 0 amide bonds. The molecule has 1 aromatic rings. The van der Waals surface area contributed by atoms with Crippen LogP contribution in [0.3, 0.4) is 0 Å². The highest BCUT2D eigenvalue weighted by molar-refractivity contribution is 9.11. The van der Waals surface area contributed by atoms with Crippen molar-refractivity contribution in [2.24, 2.45) is 0 Å². The number of morpholine rings is 1. The molecule has 84 valence electrons. The van der Waals surface area contributed by atoms with Gasteiger partial charge >= 0.3 is 0 Å². The zero-order valence-corrected chi connectivity index (χ0v) is 10.8. The van der Waals surface area contributed by atoms with Crippen LogP contribution in [0.4, 0.5) is 5.13 Å². The Balaban J connectivity index is 1.77. The molecule has 0 radical (unpaired) electrons. The molecular formula is C8H13BrN4OS. The summed E-state index contributed by atoms with van der Waals surface area (Å²) in [5.41, 5.74) is 0. The number of ether oxygens (including phenoxy) is 1. The van der Waals surface area contributed by atoms with Crippen LogP contribution in [0.25, 0.3) is 0 Å². The van der Waals surface area contributed by atoms with E-state index in [9.17, 15) is 0 Å². The summed E-state index contributed by atoms with van der Waals surface area (Å²) in [7, 11) is 2.11. The average Bonchev–Trinajstić information content (AvgIpc) is 2.62. The van der Waals surface area contributed by atoms with E-state index in [1.54, 1.807) is 0 Å². The Labute approximate surface area is 101 Å². The lowest BCUT2D eigenvalue weighted by atomic mass is 10.3. The van der Waals surface area contributed by atoms with E-state index in [0.717, 1.165) is 35.3 Å². The second-order valence-corrected chi connectivity index (χ2v) is 5.75. The van der Waals surface area contributed by atoms with Gasteiger partial charge in [0.25, 0.3) is 0 Å². The van der Waals surface area contributed by atoms with Gasteiger partial charge in [0, 0.05) is 19.6 Å². The maximum absolute atomic E-state index is 5.62. The second-order valence-electron chi connectivity index (χ2n) is 3.50. The SMILES string of the molecule is CN1CCOC(CNc2nnc(Br)s2)C1. The van der Waals surface area contributed by atoms with Gasteiger partial charge in [0.1, 0.15) is 0 Å². The van der Waals surface area contributed by atoms with Crippen LogP contribution >= 0.6 is 27.3 Å². The lowest BCUT2D eigenvalue weighted by molar-refractivity contribution is -0.0117. The first kappa shape index (κ1) is 11.3. The van der Waals surface area contributed by atoms with Gasteiger partial charge in [-0.2, -0.15) is 0 Å². The van der Waals surface area contributed by atoms with Gasteiger partial charge in [-0.3, -0.25) is 0 Å². The third-order valence-corrected chi connectivity index (χ3v) is 3.54. The number of anilines is 1. The molecule has 5 nitrogen and oxygen atoms in total. The summed E-state index contributed by atoms with van der Waals surface area (Å²) >= 11 is 4.76. The van der Waals surface area contributed by atoms with Crippen molar-refractivity contribution >= 4 is 32.4 Å². The van der Waals surface area contributed by atoms with E-state index in [2.05, 4.69) is 43.4 Å². The summed E-state index contributed by atoms with van der Waals surface area (Å²) < 4.78 is 6.42. The zero-order valence-electron chi connectivity index (χ0n) is 8.44. The molecule has 1 unspecified atom stereocenters. The van der Waals surface area contributed by atoms with Crippen molar-refractivity contribution < 1.29 is 4.74 Å². The van der Waals surface area contributed by atoms with Crippen molar-refractivity contribution in [2.75, 3.05) is 38.6 Å². The quantitative estimate of drug-likeness (QED) is 0.902. The Hall–Kier alpha value is -0.240. The standard InChI is InChI=1S/C8H13BrN4OS/c1-13-2-3-14-6(5-13)4-10-8-12-11-7(9)15-8/h6H,2-5H2,1H3,(H,10,12). The van der Waals surface area contributed by atoms with Crippen molar-refractivity contribution in [2.45, 2.75) is 6.10 Å². The van der Waals surface area contributed by atoms with E-state index in [1.807, 2.05) is 0 Å². The first-order valence-electron chi connectivity index (χ1n) is 4.77. The third kappa shape index (κ3) is 3.37. The molecule has 1 aliphatic heterocycles. The third-order valence-electron chi connectivity index (χ3n) is 2.22. The number of hydrogen-bond acceptors (Lipinski definition) is 6. The fourth-order valence-corrected chi connectivity index (χ4v) is 2.49. The minimum absolute atomic E-state index is 0.242. The first-order chi connectivity index (χ1) is 7.24. The molecule has 2 rings (SSSR count). The van der Waals surface area contributed by atoms with Gasteiger partial charge in [0.15, 0.2) is 3.92 Å². The summed E-state index contributed by atoms with van der Waals surface area (Å²) in [4.78, 5) is 2.27. The first-order valence-corrected chi connectivity index (χ1v) is 6.38. The molecule has 0 spiro atoms. The summed E-state index contributed by atoms with van der Waals surface area (Å²) in [6.45, 7) is 3.57. The van der Waals surface area contributed by atoms with Gasteiger partial charge in [-0.1, -0.05) is 11.3 Å². The molecule has 0 aromatic carbocycles. The highest BCUT2D eigenvalue weighted by atomic mass is 79.9. The molecule has 1 aliphatic rings. The van der Waals surface area contributed by atoms with Crippen molar-refractivity contribution in [3.05, 3.63) is 3.92 Å². The van der Waals surface area contributed by atoms with Crippen molar-refractivity contribution in [1.29, 1.82) is 0 Å². The van der Waals surface area contributed by atoms with E-state index in [1.165, 1.54) is 11.3 Å². The van der Waals surface area contributed by atoms with E-state index < -0.39 is 0 Å². The number of halogens is 1. The molecule has 1 N–H and O–H groups in total. The molecule has 0 bridgehead atoms. The monoisotopic (exact) mass is 292 g/mol. The number of nitrogens with zero attached hydrogens (tertiary/aromatic N) is 3. The van der Waals surface area contributed by atoms with Crippen LogP contribution < -0.4 is 5.32 Å². The van der Waals surface area contributed by atoms with Gasteiger partial charge < -0.3 is 15.0 Å². The smallest absolute Gasteiger partial charge is 0.206 e. The molecule has 1 atom stereocenters. The minimum Gasteiger partial charge on any atom is -0.374 e. The number of hydrogen-bond donors (Lipinski definition) is 1. The lowest BCUT2D eigenvalue weighted by Crippen LogP contribution is -2.43. The molecule has 15 heavy (non-hydrogen) atoms. The van der Waals surface area contributed by atoms with Gasteiger partial charge in [0.05, 0.1) is 12.7 Å². The Kier molecular flexibility index (Phi) is 3.90. The Morgan fingerprint density at radius 3 is 3.20 bits per heavy atom. The van der Waals surface area contributed by atoms with Crippen LogP contribution in [0.15, 0.2) is 3.92 Å². The molecule has 7 heteroatoms. The zero-order chi connectivity index (χ0) is 10.7. The van der Waals surface area contributed by atoms with Crippen LogP contribution in [0, 0.1) is 0 Å². The molecule has 0 saturated carbocycles. The maximum Gasteiger partial charge on any atom is 0.206 e. The molecule has 1 saturated heterocycles. The lowest BCUT2D eigenvalue weighted by Gasteiger charge is -2.29. The van der Waals surface area contributed by atoms with Crippen LogP contribution in [0.2, 0.25) is 0 Å². The number of aromatic nitrogens is 2. The van der Waals surface area contributed by atoms with Gasteiger partial charge in [-0.15, -0.1) is 10.2 Å². The van der Waals surface area contributed by atoms with E-state index in [0.29, 0.717) is 0 Å². The van der Waals surface area contributed by atoms with Crippen molar-refractivity contribution in [3.63, 3.8) is 0 Å². The van der Waals surface area contributed by atoms with Gasteiger partial charge in [-0.05, 0) is 23.0 Å². The van der Waals surface area contributed by atoms with Crippen LogP contribution in [0.5, 0.6) is 0 Å². The number of likely N-dealkylation sites (N-methyl/N-ethyl adjacent to an activating group) is 1. The molecule has 0 aliphatic carbocycles. The highest BCUT2D eigenvalue weighted by Gasteiger charge is 2.17. The molecule has 1 aromatic heterocycles. The number of rotatable bonds is 3. The summed E-state index contributed by atoms with van der Waals surface area (Å²) in [6.07, 6.45) is 0.242. The molecular weight excluding hydrogens is 280 g/mol. The van der Waals surface area contributed by atoms with Crippen LogP contribution in [-0.4, -0.2) is 54.5 Å². The second kappa shape index (κ2) is 5.20. The topological polar surface area (TPSA) is 50.3 Å². The van der Waals surface area contributed by atoms with Crippen molar-refractivity contribution in [3.8, 4) is 0 Å². The van der Waals surface area contributed by atoms with Crippen LogP contribution in [-0.2, 0) is 4.74 Å². The predicted octanol–water partition coefficient (Wildman–Crippen LogP) is 1.04. The summed E-state index contributed by atoms with van der Waals surface area (Å²) in [5.74, 6) is 0. The Morgan fingerprint density at radius 2 is 2.53 bits per heavy atom. The Morgan fingerprint density at radius 1 is 1.67 bits per heavy atom. The fourth-order valence-electron chi connectivity index (χ4n) is 1.47. The average molecular weight is 293 g/mol. The molecule has 2 heterocycles. The Bertz CT molecular complexity index is 321. The van der Waals surface area contributed by atoms with Crippen LogP contribution in [0.1, 0.15) is 0 Å². The number of nitrogens with one attached hydrogen (secondary N) is 1. The van der Waals surface area contributed by atoms with E-state index in [-0.39, 0.29) is 6.10 Å². The fraction of sp³-hybridized carbons (Fsp3) is 0.750. The largest absolute Gasteiger partial charge is 0.374 e. The minimum atomic E-state index is 0.242. The molecule has 1 fully saturated rings. The van der Waals surface area contributed by atoms with Gasteiger partial charge in [0.2, 0.25) is 5.13 Å². The van der Waals surface area contributed by atoms with E-state index >= 15 is 0 Å². The normalized spacial score (nSPS) is 22.9. The summed E-state index contributed by atoms with van der Waals surface area (Å²) in [6, 6.07) is 0. The maximum atomic E-state index is 5.62. The van der Waals surface area contributed by atoms with Gasteiger partial charge in [-0.25, -0.2) is 0 Å². The summed E-state index contributed by atoms with van der Waals surface area (Å²) in [5, 5.41) is 11.9. The van der Waals surface area contributed by atoms with E-state index in [4.69, 9.17) is 4.74 Å².